The molecule has 1 heterocycles. The van der Waals surface area contributed by atoms with Crippen LogP contribution in [0.15, 0.2) is 30.3 Å². The summed E-state index contributed by atoms with van der Waals surface area (Å²) in [6.45, 7) is 18.7. The third kappa shape index (κ3) is 8.52. The van der Waals surface area contributed by atoms with E-state index in [1.165, 1.54) is 0 Å². The van der Waals surface area contributed by atoms with Crippen molar-refractivity contribution in [3.05, 3.63) is 35.9 Å². The fourth-order valence-electron chi connectivity index (χ4n) is 2.49. The topological polar surface area (TPSA) is 23.5 Å². The van der Waals surface area contributed by atoms with Crippen molar-refractivity contribution in [2.45, 2.75) is 80.4 Å². The molecule has 2 rings (SSSR count). The van der Waals surface area contributed by atoms with Crippen LogP contribution in [0.1, 0.15) is 80.3 Å². The molecule has 1 N–H and O–H groups in total. The third-order valence-corrected chi connectivity index (χ3v) is 3.20. The largest absolute Gasteiger partial charge is 0.376 e. The minimum absolute atomic E-state index is 0.0128. The highest BCUT2D eigenvalue weighted by molar-refractivity contribution is 5.30. The summed E-state index contributed by atoms with van der Waals surface area (Å²) in [5.74, 6) is 5.81. The van der Waals surface area contributed by atoms with Gasteiger partial charge in [0.25, 0.3) is 0 Å². The number of nitrogens with zero attached hydrogens (tertiary/aromatic N) is 1. The molecule has 2 unspecified atom stereocenters. The van der Waals surface area contributed by atoms with Crippen molar-refractivity contribution in [3.63, 3.8) is 0 Å². The van der Waals surface area contributed by atoms with E-state index < -0.39 is 5.60 Å². The second kappa shape index (κ2) is 18.0. The van der Waals surface area contributed by atoms with Gasteiger partial charge >= 0.3 is 0 Å². The SMILES string of the molecule is CC.CC.CC.CC.CC#CC1(O)CCN(C)C1c1ccccc1. The zero-order chi connectivity index (χ0) is 19.6. The quantitative estimate of drug-likeness (QED) is 0.644. The van der Waals surface area contributed by atoms with Crippen molar-refractivity contribution in [3.8, 4) is 11.8 Å². The molecule has 2 atom stereocenters. The lowest BCUT2D eigenvalue weighted by Gasteiger charge is -2.28. The first-order valence-electron chi connectivity index (χ1n) is 9.59. The Labute approximate surface area is 152 Å². The van der Waals surface area contributed by atoms with Crippen molar-refractivity contribution in [2.75, 3.05) is 13.6 Å². The monoisotopic (exact) mass is 335 g/mol. The molecule has 1 fully saturated rings. The van der Waals surface area contributed by atoms with Gasteiger partial charge in [0.1, 0.15) is 5.60 Å². The van der Waals surface area contributed by atoms with Crippen LogP contribution in [0.3, 0.4) is 0 Å². The van der Waals surface area contributed by atoms with Gasteiger partial charge in [-0.25, -0.2) is 0 Å². The zero-order valence-corrected chi connectivity index (χ0v) is 17.8. The molecule has 1 aromatic carbocycles. The van der Waals surface area contributed by atoms with Crippen LogP contribution in [0.2, 0.25) is 0 Å². The van der Waals surface area contributed by atoms with Crippen molar-refractivity contribution in [1.82, 2.24) is 4.90 Å². The van der Waals surface area contributed by atoms with Crippen LogP contribution in [-0.2, 0) is 0 Å². The van der Waals surface area contributed by atoms with Gasteiger partial charge in [-0.3, -0.25) is 4.90 Å². The maximum atomic E-state index is 10.6. The second-order valence-corrected chi connectivity index (χ2v) is 4.34. The Bertz CT molecular complexity index is 419. The van der Waals surface area contributed by atoms with Crippen LogP contribution < -0.4 is 0 Å². The van der Waals surface area contributed by atoms with E-state index in [-0.39, 0.29) is 6.04 Å². The van der Waals surface area contributed by atoms with Gasteiger partial charge < -0.3 is 5.11 Å². The fourth-order valence-corrected chi connectivity index (χ4v) is 2.49. The first-order chi connectivity index (χ1) is 11.7. The number of likely N-dealkylation sites (tertiary alicyclic amines) is 1. The van der Waals surface area contributed by atoms with Crippen LogP contribution in [0, 0.1) is 11.8 Å². The van der Waals surface area contributed by atoms with Gasteiger partial charge in [-0.1, -0.05) is 91.6 Å². The van der Waals surface area contributed by atoms with Gasteiger partial charge in [0.15, 0.2) is 0 Å². The Balaban J connectivity index is -0.000000484. The van der Waals surface area contributed by atoms with Gasteiger partial charge in [0, 0.05) is 13.0 Å². The summed E-state index contributed by atoms with van der Waals surface area (Å²) in [5, 5.41) is 10.6. The van der Waals surface area contributed by atoms with Crippen LogP contribution in [0.4, 0.5) is 0 Å². The number of hydrogen-bond acceptors (Lipinski definition) is 2. The average molecular weight is 336 g/mol. The van der Waals surface area contributed by atoms with Crippen molar-refractivity contribution < 1.29 is 5.11 Å². The number of rotatable bonds is 1. The third-order valence-electron chi connectivity index (χ3n) is 3.20. The maximum absolute atomic E-state index is 10.6. The molecular weight excluding hydrogens is 294 g/mol. The minimum Gasteiger partial charge on any atom is -0.376 e. The van der Waals surface area contributed by atoms with Gasteiger partial charge in [0.05, 0.1) is 6.04 Å². The van der Waals surface area contributed by atoms with E-state index in [1.54, 1.807) is 6.92 Å². The Hall–Kier alpha value is -1.30. The van der Waals surface area contributed by atoms with Gasteiger partial charge in [-0.15, -0.1) is 5.92 Å². The summed E-state index contributed by atoms with van der Waals surface area (Å²) < 4.78 is 0. The standard InChI is InChI=1S/C14H17NO.4C2H6/c1-3-9-14(16)10-11-15(2)13(14)12-7-5-4-6-8-12;4*1-2/h4-8,13,16H,10-11H2,1-2H3;4*1-2H3. The molecule has 0 aromatic heterocycles. The molecule has 1 aliphatic heterocycles. The molecule has 0 saturated carbocycles. The molecule has 0 radical (unpaired) electrons. The number of hydrogen-bond donors (Lipinski definition) is 1. The van der Waals surface area contributed by atoms with Gasteiger partial charge in [0.2, 0.25) is 0 Å². The summed E-state index contributed by atoms with van der Waals surface area (Å²) in [4.78, 5) is 2.17. The first kappa shape index (κ1) is 27.5. The highest BCUT2D eigenvalue weighted by Gasteiger charge is 2.44. The molecule has 1 saturated heterocycles. The summed E-state index contributed by atoms with van der Waals surface area (Å²) in [6, 6.07) is 10.1. The molecule has 2 heteroatoms. The molecule has 140 valence electrons. The molecule has 24 heavy (non-hydrogen) atoms. The predicted octanol–water partition coefficient (Wildman–Crippen LogP) is 5.92. The lowest BCUT2D eigenvalue weighted by molar-refractivity contribution is 0.0623. The lowest BCUT2D eigenvalue weighted by Crippen LogP contribution is -2.34. The van der Waals surface area contributed by atoms with Crippen molar-refractivity contribution in [2.24, 2.45) is 0 Å². The summed E-state index contributed by atoms with van der Waals surface area (Å²) in [6.07, 6.45) is 0.712. The van der Waals surface area contributed by atoms with Crippen LogP contribution >= 0.6 is 0 Å². The first-order valence-corrected chi connectivity index (χ1v) is 9.59. The van der Waals surface area contributed by atoms with E-state index >= 15 is 0 Å². The molecular formula is C22H41NO. The zero-order valence-electron chi connectivity index (χ0n) is 17.8. The van der Waals surface area contributed by atoms with Crippen LogP contribution in [-0.4, -0.2) is 29.2 Å². The summed E-state index contributed by atoms with van der Waals surface area (Å²) in [5.41, 5.74) is 0.234. The maximum Gasteiger partial charge on any atom is 0.146 e. The predicted molar refractivity (Wildman–Crippen MR) is 110 cm³/mol. The molecule has 1 aromatic rings. The Morgan fingerprint density at radius 2 is 1.42 bits per heavy atom. The van der Waals surface area contributed by atoms with Crippen LogP contribution in [0.5, 0.6) is 0 Å². The molecule has 0 amide bonds. The molecule has 0 aliphatic carbocycles. The molecule has 1 aliphatic rings. The molecule has 0 spiro atoms. The van der Waals surface area contributed by atoms with E-state index in [4.69, 9.17) is 0 Å². The van der Waals surface area contributed by atoms with E-state index in [0.717, 1.165) is 12.1 Å². The van der Waals surface area contributed by atoms with Crippen LogP contribution in [0.25, 0.3) is 0 Å². The smallest absolute Gasteiger partial charge is 0.146 e. The lowest BCUT2D eigenvalue weighted by atomic mass is 9.89. The second-order valence-electron chi connectivity index (χ2n) is 4.34. The average Bonchev–Trinajstić information content (AvgIpc) is 2.97. The fraction of sp³-hybridized carbons (Fsp3) is 0.636. The highest BCUT2D eigenvalue weighted by Crippen LogP contribution is 2.38. The number of aliphatic hydroxyl groups is 1. The molecule has 2 nitrogen and oxygen atoms in total. The van der Waals surface area contributed by atoms with E-state index in [0.29, 0.717) is 6.42 Å². The minimum atomic E-state index is -0.898. The van der Waals surface area contributed by atoms with Gasteiger partial charge in [-0.05, 0) is 19.5 Å². The van der Waals surface area contributed by atoms with Crippen molar-refractivity contribution in [1.29, 1.82) is 0 Å². The highest BCUT2D eigenvalue weighted by atomic mass is 16.3. The number of benzene rings is 1. The normalized spacial score (nSPS) is 20.9. The molecule has 0 bridgehead atoms. The number of likely N-dealkylation sites (N-methyl/N-ethyl adjacent to an activating group) is 1. The van der Waals surface area contributed by atoms with Gasteiger partial charge in [-0.2, -0.15) is 0 Å². The summed E-state index contributed by atoms with van der Waals surface area (Å²) >= 11 is 0. The Kier molecular flexibility index (Phi) is 20.7. The Morgan fingerprint density at radius 3 is 1.83 bits per heavy atom. The summed E-state index contributed by atoms with van der Waals surface area (Å²) in [7, 11) is 2.03. The Morgan fingerprint density at radius 1 is 0.958 bits per heavy atom. The van der Waals surface area contributed by atoms with Crippen molar-refractivity contribution >= 4 is 0 Å². The van der Waals surface area contributed by atoms with E-state index in [1.807, 2.05) is 80.6 Å². The van der Waals surface area contributed by atoms with E-state index in [9.17, 15) is 5.11 Å². The van der Waals surface area contributed by atoms with E-state index in [2.05, 4.69) is 28.9 Å².